The van der Waals surface area contributed by atoms with Crippen molar-refractivity contribution in [3.8, 4) is 0 Å². The second-order valence-electron chi connectivity index (χ2n) is 14.2. The highest BCUT2D eigenvalue weighted by atomic mass is 32.2. The molecule has 4 fully saturated rings. The predicted octanol–water partition coefficient (Wildman–Crippen LogP) is 8.19. The zero-order valence-corrected chi connectivity index (χ0v) is 28.7. The topological polar surface area (TPSA) is 76.0 Å². The molecule has 3 atom stereocenters. The van der Waals surface area contributed by atoms with Crippen LogP contribution in [0.4, 0.5) is 17.6 Å². The Morgan fingerprint density at radius 3 is 1.58 bits per heavy atom. The summed E-state index contributed by atoms with van der Waals surface area (Å²) >= 11 is 0. The van der Waals surface area contributed by atoms with Crippen molar-refractivity contribution in [2.24, 2.45) is 17.3 Å². The summed E-state index contributed by atoms with van der Waals surface area (Å²) < 4.78 is 60.2. The number of halogens is 4. The summed E-state index contributed by atoms with van der Waals surface area (Å²) in [5, 5.41) is 20.2. The molecule has 3 unspecified atom stereocenters. The van der Waals surface area contributed by atoms with E-state index in [1.165, 1.54) is 31.4 Å². The van der Waals surface area contributed by atoms with E-state index in [0.29, 0.717) is 32.1 Å². The Balaban J connectivity index is 0.000000190. The summed E-state index contributed by atoms with van der Waals surface area (Å²) in [4.78, 5) is 16.7. The van der Waals surface area contributed by atoms with Crippen LogP contribution >= 0.6 is 0 Å². The minimum atomic E-state index is -4.72. The summed E-state index contributed by atoms with van der Waals surface area (Å²) in [6.07, 6.45) is -2.52. The summed E-state index contributed by atoms with van der Waals surface area (Å²) in [5.41, 5.74) is 2.25. The molecule has 4 aliphatic rings. The van der Waals surface area contributed by atoms with Crippen molar-refractivity contribution in [3.63, 3.8) is 0 Å². The van der Waals surface area contributed by atoms with Crippen molar-refractivity contribution >= 4 is 16.9 Å². The summed E-state index contributed by atoms with van der Waals surface area (Å²) in [6.45, 7) is 4.71. The molecule has 48 heavy (non-hydrogen) atoms. The van der Waals surface area contributed by atoms with Crippen molar-refractivity contribution in [2.75, 3.05) is 13.2 Å². The lowest BCUT2D eigenvalue weighted by molar-refractivity contribution is -0.346. The van der Waals surface area contributed by atoms with Crippen LogP contribution in [0.15, 0.2) is 87.5 Å². The average molecular weight is 690 g/mol. The number of esters is 1. The number of carbonyl (C=O) groups excluding carboxylic acids is 1. The van der Waals surface area contributed by atoms with Gasteiger partial charge in [0.1, 0.15) is 12.7 Å². The van der Waals surface area contributed by atoms with Crippen LogP contribution in [0, 0.1) is 38.0 Å². The zero-order valence-electron chi connectivity index (χ0n) is 27.9. The fourth-order valence-corrected chi connectivity index (χ4v) is 9.63. The molecule has 2 N–H and O–H groups in total. The summed E-state index contributed by atoms with van der Waals surface area (Å²) in [6, 6.07) is 26.8. The van der Waals surface area contributed by atoms with E-state index in [4.69, 9.17) is 4.74 Å². The number of hydrogen-bond acceptors (Lipinski definition) is 5. The first-order valence-corrected chi connectivity index (χ1v) is 17.6. The number of carbonyl (C=O) groups is 1. The van der Waals surface area contributed by atoms with Crippen molar-refractivity contribution < 1.29 is 42.0 Å². The lowest BCUT2D eigenvalue weighted by atomic mass is 9.48. The molecule has 0 aliphatic heterocycles. The molecule has 0 radical (unpaired) electrons. The molecule has 3 aromatic carbocycles. The molecule has 4 saturated carbocycles. The zero-order chi connectivity index (χ0) is 34.9. The molecule has 4 bridgehead atoms. The lowest BCUT2D eigenvalue weighted by Crippen LogP contribution is -2.58. The molecule has 7 rings (SSSR count). The van der Waals surface area contributed by atoms with E-state index >= 15 is 0 Å². The second-order valence-corrected chi connectivity index (χ2v) is 16.2. The number of aliphatic hydroxyl groups excluding tert-OH is 1. The van der Waals surface area contributed by atoms with Gasteiger partial charge in [0.05, 0.1) is 28.5 Å². The molecule has 0 spiro atoms. The van der Waals surface area contributed by atoms with Crippen molar-refractivity contribution in [1.29, 1.82) is 0 Å². The van der Waals surface area contributed by atoms with Gasteiger partial charge in [0.25, 0.3) is 0 Å². The van der Waals surface area contributed by atoms with Crippen molar-refractivity contribution in [2.45, 2.75) is 105 Å². The Bertz CT molecular complexity index is 1420. The number of alkyl halides is 4. The average Bonchev–Trinajstić information content (AvgIpc) is 3.00. The normalized spacial score (nSPS) is 25.4. The van der Waals surface area contributed by atoms with Gasteiger partial charge in [0, 0.05) is 6.92 Å². The number of benzene rings is 3. The van der Waals surface area contributed by atoms with Gasteiger partial charge in [-0.3, -0.25) is 4.79 Å². The Hall–Kier alpha value is -2.92. The maximum Gasteiger partial charge on any atom is 0.419 e. The first-order chi connectivity index (χ1) is 22.5. The molecule has 0 aromatic heterocycles. The van der Waals surface area contributed by atoms with Gasteiger partial charge >= 0.3 is 18.0 Å². The predicted molar refractivity (Wildman–Crippen MR) is 176 cm³/mol. The summed E-state index contributed by atoms with van der Waals surface area (Å²) in [5.74, 6) is -4.45. The third kappa shape index (κ3) is 8.44. The van der Waals surface area contributed by atoms with E-state index in [-0.39, 0.29) is 29.7 Å². The third-order valence-electron chi connectivity index (χ3n) is 9.61. The summed E-state index contributed by atoms with van der Waals surface area (Å²) in [7, 11) is -0.0394. The first-order valence-electron chi connectivity index (χ1n) is 16.4. The molecule has 0 amide bonds. The minimum Gasteiger partial charge on any atom is -0.462 e. The van der Waals surface area contributed by atoms with Gasteiger partial charge in [0.15, 0.2) is 14.7 Å². The second kappa shape index (κ2) is 14.1. The highest BCUT2D eigenvalue weighted by molar-refractivity contribution is 7.97. The highest BCUT2D eigenvalue weighted by Crippen LogP contribution is 2.62. The molecule has 5 nitrogen and oxygen atoms in total. The standard InChI is InChI=1S/C21H21S.C17H24F4O5/c1-16-4-10-19(11-5-16)22(20-12-6-17(2)7-13-20)21-14-8-18(3)9-15-21;1-14(18,19)17(20,21)26-8-12(22)7-25-13(23)15-3-10-2-11(4-15)6-16(24,5-10)9-15/h4-15H,1-3H3;10-12,22,24H,2-9H2,1H3/q+1;. The van der Waals surface area contributed by atoms with E-state index in [1.807, 2.05) is 0 Å². The highest BCUT2D eigenvalue weighted by Gasteiger charge is 2.61. The maximum atomic E-state index is 13.0. The fourth-order valence-electron chi connectivity index (χ4n) is 7.58. The van der Waals surface area contributed by atoms with Crippen LogP contribution in [0.3, 0.4) is 0 Å². The molecule has 260 valence electrons. The smallest absolute Gasteiger partial charge is 0.419 e. The van der Waals surface area contributed by atoms with Gasteiger partial charge in [-0.1, -0.05) is 53.1 Å². The van der Waals surface area contributed by atoms with Crippen LogP contribution in [0.2, 0.25) is 0 Å². The Labute approximate surface area is 283 Å². The third-order valence-corrected chi connectivity index (χ3v) is 11.8. The van der Waals surface area contributed by atoms with Gasteiger partial charge in [-0.05, 0) is 108 Å². The Kier molecular flexibility index (Phi) is 10.7. The molecule has 0 heterocycles. The SMILES string of the molecule is CC(F)(F)C(F)(F)OCC(O)COC(=O)C12CC3CC(CC(O)(C3)C1)C2.Cc1ccc([S+](c2ccc(C)cc2)c2ccc(C)cc2)cc1. The van der Waals surface area contributed by atoms with Crippen molar-refractivity contribution in [1.82, 2.24) is 0 Å². The van der Waals surface area contributed by atoms with Crippen LogP contribution in [-0.4, -0.2) is 53.1 Å². The van der Waals surface area contributed by atoms with Gasteiger partial charge in [-0.15, -0.1) is 0 Å². The monoisotopic (exact) mass is 689 g/mol. The number of ether oxygens (including phenoxy) is 2. The Morgan fingerprint density at radius 2 is 1.21 bits per heavy atom. The number of aliphatic hydroxyl groups is 2. The van der Waals surface area contributed by atoms with E-state index in [0.717, 1.165) is 6.42 Å². The van der Waals surface area contributed by atoms with Crippen LogP contribution in [0.1, 0.15) is 62.1 Å². The van der Waals surface area contributed by atoms with Crippen LogP contribution < -0.4 is 0 Å². The number of rotatable bonds is 10. The minimum absolute atomic E-state index is 0.0111. The molecule has 3 aromatic rings. The lowest BCUT2D eigenvalue weighted by Gasteiger charge is -2.58. The van der Waals surface area contributed by atoms with E-state index < -0.39 is 48.3 Å². The van der Waals surface area contributed by atoms with E-state index in [2.05, 4.69) is 98.3 Å². The molecule has 10 heteroatoms. The number of aryl methyl sites for hydroxylation is 3. The molecular formula is C38H45F4O5S+. The van der Waals surface area contributed by atoms with Crippen LogP contribution in [-0.2, 0) is 25.2 Å². The first kappa shape index (κ1) is 36.4. The largest absolute Gasteiger partial charge is 0.462 e. The molecule has 4 aliphatic carbocycles. The maximum absolute atomic E-state index is 13.0. The molecule has 0 saturated heterocycles. The fraction of sp³-hybridized carbons (Fsp3) is 0.500. The van der Waals surface area contributed by atoms with Crippen LogP contribution in [0.25, 0.3) is 0 Å². The van der Waals surface area contributed by atoms with Gasteiger partial charge < -0.3 is 19.7 Å². The van der Waals surface area contributed by atoms with Gasteiger partial charge in [-0.25, -0.2) is 0 Å². The Morgan fingerprint density at radius 1 is 0.792 bits per heavy atom. The quantitative estimate of drug-likeness (QED) is 0.128. The van der Waals surface area contributed by atoms with E-state index in [9.17, 15) is 32.6 Å². The van der Waals surface area contributed by atoms with Crippen LogP contribution in [0.5, 0.6) is 0 Å². The van der Waals surface area contributed by atoms with E-state index in [1.54, 1.807) is 0 Å². The molecular weight excluding hydrogens is 644 g/mol. The van der Waals surface area contributed by atoms with Crippen molar-refractivity contribution in [3.05, 3.63) is 89.5 Å². The van der Waals surface area contributed by atoms with Gasteiger partial charge in [-0.2, -0.15) is 17.6 Å². The van der Waals surface area contributed by atoms with Gasteiger partial charge in [0.2, 0.25) is 0 Å². The number of hydrogen-bond donors (Lipinski definition) is 2.